The third-order valence-corrected chi connectivity index (χ3v) is 4.02. The number of ketones is 1. The van der Waals surface area contributed by atoms with E-state index in [4.69, 9.17) is 0 Å². The first-order valence-corrected chi connectivity index (χ1v) is 6.94. The van der Waals surface area contributed by atoms with E-state index in [-0.39, 0.29) is 11.2 Å². The summed E-state index contributed by atoms with van der Waals surface area (Å²) in [5, 5.41) is 0. The molecule has 0 atom stereocenters. The molecular formula is C16H20F2O. The molecule has 0 heterocycles. The molecule has 0 aliphatic heterocycles. The number of benzene rings is 1. The first-order valence-electron chi connectivity index (χ1n) is 6.94. The second kappa shape index (κ2) is 5.40. The molecule has 1 saturated carbocycles. The van der Waals surface area contributed by atoms with Crippen LogP contribution in [0.15, 0.2) is 18.2 Å². The smallest absolute Gasteiger partial charge is 0.169 e. The van der Waals surface area contributed by atoms with Crippen LogP contribution in [-0.4, -0.2) is 5.78 Å². The predicted molar refractivity (Wildman–Crippen MR) is 71.0 cm³/mol. The van der Waals surface area contributed by atoms with Gasteiger partial charge in [-0.25, -0.2) is 8.78 Å². The molecule has 1 aromatic carbocycles. The number of carbonyl (C=O) groups excluding carboxylic acids is 1. The average Bonchev–Trinajstić information content (AvgIpc) is 2.80. The minimum Gasteiger partial charge on any atom is -0.294 e. The van der Waals surface area contributed by atoms with E-state index in [1.165, 1.54) is 6.07 Å². The van der Waals surface area contributed by atoms with Crippen molar-refractivity contribution in [3.8, 4) is 0 Å². The lowest BCUT2D eigenvalue weighted by atomic mass is 9.73. The van der Waals surface area contributed by atoms with Gasteiger partial charge in [0.2, 0.25) is 0 Å². The van der Waals surface area contributed by atoms with Crippen molar-refractivity contribution in [1.29, 1.82) is 0 Å². The Morgan fingerprint density at radius 2 is 1.84 bits per heavy atom. The minimum absolute atomic E-state index is 0.0161. The Morgan fingerprint density at radius 3 is 2.37 bits per heavy atom. The number of halogens is 2. The molecule has 0 aromatic heterocycles. The zero-order chi connectivity index (χ0) is 14.0. The molecular weight excluding hydrogens is 246 g/mol. The number of hydrogen-bond donors (Lipinski definition) is 0. The lowest BCUT2D eigenvalue weighted by molar-refractivity contribution is 0.0759. The largest absolute Gasteiger partial charge is 0.294 e. The van der Waals surface area contributed by atoms with Gasteiger partial charge in [-0.2, -0.15) is 0 Å². The summed E-state index contributed by atoms with van der Waals surface area (Å²) in [7, 11) is 0. The van der Waals surface area contributed by atoms with Gasteiger partial charge >= 0.3 is 0 Å². The molecule has 0 bridgehead atoms. The van der Waals surface area contributed by atoms with Crippen LogP contribution in [0.2, 0.25) is 0 Å². The van der Waals surface area contributed by atoms with Crippen LogP contribution in [0.5, 0.6) is 0 Å². The monoisotopic (exact) mass is 266 g/mol. The van der Waals surface area contributed by atoms with Gasteiger partial charge in [0.1, 0.15) is 0 Å². The molecule has 19 heavy (non-hydrogen) atoms. The number of rotatable bonds is 4. The summed E-state index contributed by atoms with van der Waals surface area (Å²) in [5.41, 5.74) is -0.0558. The lowest BCUT2D eigenvalue weighted by Gasteiger charge is -2.29. The molecule has 1 fully saturated rings. The summed E-state index contributed by atoms with van der Waals surface area (Å²) < 4.78 is 26.2. The van der Waals surface area contributed by atoms with Crippen LogP contribution in [0.3, 0.4) is 0 Å². The zero-order valence-electron chi connectivity index (χ0n) is 11.5. The molecule has 2 rings (SSSR count). The maximum atomic E-state index is 13.3. The highest BCUT2D eigenvalue weighted by atomic mass is 19.2. The average molecular weight is 266 g/mol. The highest BCUT2D eigenvalue weighted by Crippen LogP contribution is 2.45. The van der Waals surface area contributed by atoms with Gasteiger partial charge in [-0.1, -0.05) is 26.7 Å². The summed E-state index contributed by atoms with van der Waals surface area (Å²) >= 11 is 0. The van der Waals surface area contributed by atoms with Crippen LogP contribution in [0, 0.1) is 23.0 Å². The molecule has 0 radical (unpaired) electrons. The molecule has 3 heteroatoms. The first-order chi connectivity index (χ1) is 8.94. The molecule has 104 valence electrons. The van der Waals surface area contributed by atoms with Gasteiger partial charge in [-0.15, -0.1) is 0 Å². The molecule has 0 saturated heterocycles. The van der Waals surface area contributed by atoms with Crippen LogP contribution < -0.4 is 0 Å². The van der Waals surface area contributed by atoms with E-state index in [0.717, 1.165) is 44.2 Å². The maximum Gasteiger partial charge on any atom is 0.169 e. The van der Waals surface area contributed by atoms with E-state index in [1.54, 1.807) is 0 Å². The third kappa shape index (κ3) is 2.85. The van der Waals surface area contributed by atoms with Crippen molar-refractivity contribution in [3.63, 3.8) is 0 Å². The van der Waals surface area contributed by atoms with Gasteiger partial charge in [0.15, 0.2) is 17.4 Å². The van der Waals surface area contributed by atoms with Crippen LogP contribution in [-0.2, 0) is 0 Å². The molecule has 0 unspecified atom stereocenters. The van der Waals surface area contributed by atoms with Crippen LogP contribution in [0.4, 0.5) is 8.78 Å². The fourth-order valence-corrected chi connectivity index (χ4v) is 3.30. The molecule has 1 aliphatic rings. The number of carbonyl (C=O) groups is 1. The van der Waals surface area contributed by atoms with Crippen LogP contribution in [0.1, 0.15) is 56.3 Å². The standard InChI is InChI=1S/C16H20F2O/c1-11(2)10-16(7-3-4-8-16)15(19)12-5-6-13(17)14(18)9-12/h5-6,9,11H,3-4,7-8,10H2,1-2H3. The summed E-state index contributed by atoms with van der Waals surface area (Å²) in [4.78, 5) is 12.7. The summed E-state index contributed by atoms with van der Waals surface area (Å²) in [6.45, 7) is 4.19. The van der Waals surface area contributed by atoms with Gasteiger partial charge in [0, 0.05) is 11.0 Å². The van der Waals surface area contributed by atoms with Crippen LogP contribution >= 0.6 is 0 Å². The zero-order valence-corrected chi connectivity index (χ0v) is 11.5. The quantitative estimate of drug-likeness (QED) is 0.718. The van der Waals surface area contributed by atoms with E-state index < -0.39 is 11.6 Å². The molecule has 1 aromatic rings. The van der Waals surface area contributed by atoms with Crippen molar-refractivity contribution >= 4 is 5.78 Å². The first kappa shape index (κ1) is 14.2. The van der Waals surface area contributed by atoms with E-state index in [9.17, 15) is 13.6 Å². The van der Waals surface area contributed by atoms with Crippen molar-refractivity contribution in [2.45, 2.75) is 46.0 Å². The highest BCUT2D eigenvalue weighted by molar-refractivity contribution is 6.00. The second-order valence-corrected chi connectivity index (χ2v) is 6.04. The fraction of sp³-hybridized carbons (Fsp3) is 0.562. The highest BCUT2D eigenvalue weighted by Gasteiger charge is 2.41. The van der Waals surface area contributed by atoms with Crippen molar-refractivity contribution in [2.24, 2.45) is 11.3 Å². The Hall–Kier alpha value is -1.25. The second-order valence-electron chi connectivity index (χ2n) is 6.04. The Bertz CT molecular complexity index is 474. The Labute approximate surface area is 113 Å². The SMILES string of the molecule is CC(C)CC1(C(=O)c2ccc(F)c(F)c2)CCCC1. The van der Waals surface area contributed by atoms with E-state index in [0.29, 0.717) is 11.5 Å². The molecule has 0 amide bonds. The minimum atomic E-state index is -0.941. The number of Topliss-reactive ketones (excluding diaryl/α,β-unsaturated/α-hetero) is 1. The van der Waals surface area contributed by atoms with E-state index in [2.05, 4.69) is 13.8 Å². The van der Waals surface area contributed by atoms with E-state index in [1.807, 2.05) is 0 Å². The van der Waals surface area contributed by atoms with E-state index >= 15 is 0 Å². The Kier molecular flexibility index (Phi) is 4.02. The van der Waals surface area contributed by atoms with Gasteiger partial charge < -0.3 is 0 Å². The summed E-state index contributed by atoms with van der Waals surface area (Å²) in [6.07, 6.45) is 4.64. The topological polar surface area (TPSA) is 17.1 Å². The molecule has 0 N–H and O–H groups in total. The molecule has 1 nitrogen and oxygen atoms in total. The van der Waals surface area contributed by atoms with Gasteiger partial charge in [0.05, 0.1) is 0 Å². The maximum absolute atomic E-state index is 13.3. The Balaban J connectivity index is 2.31. The van der Waals surface area contributed by atoms with Crippen molar-refractivity contribution in [1.82, 2.24) is 0 Å². The van der Waals surface area contributed by atoms with Crippen molar-refractivity contribution < 1.29 is 13.6 Å². The predicted octanol–water partition coefficient (Wildman–Crippen LogP) is 4.75. The van der Waals surface area contributed by atoms with Crippen molar-refractivity contribution in [3.05, 3.63) is 35.4 Å². The van der Waals surface area contributed by atoms with Crippen LogP contribution in [0.25, 0.3) is 0 Å². The summed E-state index contributed by atoms with van der Waals surface area (Å²) in [6, 6.07) is 3.49. The third-order valence-electron chi connectivity index (χ3n) is 4.02. The molecule has 1 aliphatic carbocycles. The van der Waals surface area contributed by atoms with Crippen molar-refractivity contribution in [2.75, 3.05) is 0 Å². The normalized spacial score (nSPS) is 17.9. The van der Waals surface area contributed by atoms with Gasteiger partial charge in [-0.3, -0.25) is 4.79 Å². The van der Waals surface area contributed by atoms with Gasteiger partial charge in [0.25, 0.3) is 0 Å². The van der Waals surface area contributed by atoms with Gasteiger partial charge in [-0.05, 0) is 43.4 Å². The fourth-order valence-electron chi connectivity index (χ4n) is 3.30. The Morgan fingerprint density at radius 1 is 1.21 bits per heavy atom. The summed E-state index contributed by atoms with van der Waals surface area (Å²) in [5.74, 6) is -1.44. The number of hydrogen-bond acceptors (Lipinski definition) is 1. The lowest BCUT2D eigenvalue weighted by Crippen LogP contribution is -2.30. The molecule has 0 spiro atoms.